The summed E-state index contributed by atoms with van der Waals surface area (Å²) in [5, 5.41) is 9.31. The fraction of sp³-hybridized carbons (Fsp3) is 0.929. The van der Waals surface area contributed by atoms with Crippen molar-refractivity contribution in [2.24, 2.45) is 0 Å². The van der Waals surface area contributed by atoms with Crippen LogP contribution in [0.15, 0.2) is 0 Å². The SMILES string of the molecule is COC1CCCC(N2CCC(C#N)(SC)CC2)C1. The minimum atomic E-state index is -0.119. The molecular weight excluding hydrogens is 244 g/mol. The molecule has 0 aromatic carbocycles. The van der Waals surface area contributed by atoms with E-state index < -0.39 is 0 Å². The minimum Gasteiger partial charge on any atom is -0.381 e. The van der Waals surface area contributed by atoms with E-state index in [4.69, 9.17) is 4.74 Å². The summed E-state index contributed by atoms with van der Waals surface area (Å²) >= 11 is 1.73. The summed E-state index contributed by atoms with van der Waals surface area (Å²) in [6.45, 7) is 2.16. The molecular formula is C14H24N2OS. The third-order valence-corrected chi connectivity index (χ3v) is 5.93. The van der Waals surface area contributed by atoms with Gasteiger partial charge in [0.05, 0.1) is 12.2 Å². The summed E-state index contributed by atoms with van der Waals surface area (Å²) in [6, 6.07) is 3.20. The van der Waals surface area contributed by atoms with Gasteiger partial charge < -0.3 is 9.64 Å². The fourth-order valence-electron chi connectivity index (χ4n) is 3.28. The van der Waals surface area contributed by atoms with E-state index in [1.54, 1.807) is 11.8 Å². The molecule has 1 saturated heterocycles. The van der Waals surface area contributed by atoms with E-state index in [9.17, 15) is 5.26 Å². The lowest BCUT2D eigenvalue weighted by molar-refractivity contribution is 0.0215. The highest BCUT2D eigenvalue weighted by atomic mass is 32.2. The van der Waals surface area contributed by atoms with Crippen LogP contribution in [0.2, 0.25) is 0 Å². The zero-order chi connectivity index (χ0) is 13.0. The number of nitrogens with zero attached hydrogens (tertiary/aromatic N) is 2. The van der Waals surface area contributed by atoms with Crippen LogP contribution in [0.3, 0.4) is 0 Å². The van der Waals surface area contributed by atoms with Crippen molar-refractivity contribution < 1.29 is 4.74 Å². The number of rotatable bonds is 3. The van der Waals surface area contributed by atoms with Gasteiger partial charge in [-0.1, -0.05) is 0 Å². The number of hydrogen-bond acceptors (Lipinski definition) is 4. The predicted octanol–water partition coefficient (Wildman–Crippen LogP) is 2.67. The van der Waals surface area contributed by atoms with Gasteiger partial charge >= 0.3 is 0 Å². The molecule has 0 N–H and O–H groups in total. The Hall–Kier alpha value is -0.240. The van der Waals surface area contributed by atoms with Crippen LogP contribution < -0.4 is 0 Å². The number of hydrogen-bond donors (Lipinski definition) is 0. The van der Waals surface area contributed by atoms with Gasteiger partial charge in [0, 0.05) is 26.2 Å². The summed E-state index contributed by atoms with van der Waals surface area (Å²) in [5.74, 6) is 0. The lowest BCUT2D eigenvalue weighted by atomic mass is 9.88. The quantitative estimate of drug-likeness (QED) is 0.788. The molecule has 2 rings (SSSR count). The fourth-order valence-corrected chi connectivity index (χ4v) is 3.96. The molecule has 1 aliphatic heterocycles. The summed E-state index contributed by atoms with van der Waals surface area (Å²) in [6.07, 6.45) is 9.53. The first-order valence-electron chi connectivity index (χ1n) is 6.96. The van der Waals surface area contributed by atoms with Crippen molar-refractivity contribution in [2.45, 2.75) is 55.4 Å². The lowest BCUT2D eigenvalue weighted by Crippen LogP contribution is -2.48. The average Bonchev–Trinajstić information content (AvgIpc) is 2.47. The van der Waals surface area contributed by atoms with Crippen molar-refractivity contribution >= 4 is 11.8 Å². The average molecular weight is 268 g/mol. The van der Waals surface area contributed by atoms with Crippen molar-refractivity contribution in [1.29, 1.82) is 5.26 Å². The second kappa shape index (κ2) is 6.27. The third-order valence-electron chi connectivity index (χ3n) is 4.65. The number of methoxy groups -OCH3 is 1. The van der Waals surface area contributed by atoms with Gasteiger partial charge in [-0.15, -0.1) is 11.8 Å². The third kappa shape index (κ3) is 3.01. The molecule has 2 fully saturated rings. The van der Waals surface area contributed by atoms with Crippen molar-refractivity contribution in [3.8, 4) is 6.07 Å². The minimum absolute atomic E-state index is 0.119. The van der Waals surface area contributed by atoms with Gasteiger partial charge in [-0.2, -0.15) is 5.26 Å². The molecule has 1 saturated carbocycles. The Morgan fingerprint density at radius 3 is 2.61 bits per heavy atom. The van der Waals surface area contributed by atoms with Gasteiger partial charge in [-0.05, 0) is 44.8 Å². The first kappa shape index (κ1) is 14.2. The highest BCUT2D eigenvalue weighted by Gasteiger charge is 2.37. The predicted molar refractivity (Wildman–Crippen MR) is 75.7 cm³/mol. The maximum atomic E-state index is 9.31. The van der Waals surface area contributed by atoms with E-state index >= 15 is 0 Å². The van der Waals surface area contributed by atoms with Crippen LogP contribution in [-0.4, -0.2) is 48.2 Å². The zero-order valence-corrected chi connectivity index (χ0v) is 12.3. The first-order chi connectivity index (χ1) is 8.73. The summed E-state index contributed by atoms with van der Waals surface area (Å²) in [5.41, 5.74) is 0. The second-order valence-electron chi connectivity index (χ2n) is 5.52. The standard InChI is InChI=1S/C14H24N2OS/c1-17-13-5-3-4-12(10-13)16-8-6-14(11-15,18-2)7-9-16/h12-13H,3-10H2,1-2H3. The topological polar surface area (TPSA) is 36.3 Å². The van der Waals surface area contributed by atoms with E-state index in [-0.39, 0.29) is 4.75 Å². The van der Waals surface area contributed by atoms with Crippen molar-refractivity contribution in [1.82, 2.24) is 4.90 Å². The molecule has 102 valence electrons. The van der Waals surface area contributed by atoms with Crippen LogP contribution in [-0.2, 0) is 4.74 Å². The smallest absolute Gasteiger partial charge is 0.104 e. The molecule has 2 unspecified atom stereocenters. The molecule has 4 heteroatoms. The van der Waals surface area contributed by atoms with Gasteiger partial charge in [0.15, 0.2) is 0 Å². The number of piperidine rings is 1. The monoisotopic (exact) mass is 268 g/mol. The molecule has 1 heterocycles. The van der Waals surface area contributed by atoms with Gasteiger partial charge in [-0.3, -0.25) is 0 Å². The van der Waals surface area contributed by atoms with Crippen molar-refractivity contribution in [2.75, 3.05) is 26.5 Å². The van der Waals surface area contributed by atoms with E-state index in [0.29, 0.717) is 12.1 Å². The Bertz CT molecular complexity index is 307. The van der Waals surface area contributed by atoms with Crippen LogP contribution in [0, 0.1) is 11.3 Å². The molecule has 0 radical (unpaired) electrons. The van der Waals surface area contributed by atoms with Crippen LogP contribution >= 0.6 is 11.8 Å². The van der Waals surface area contributed by atoms with Crippen molar-refractivity contribution in [3.63, 3.8) is 0 Å². The summed E-state index contributed by atoms with van der Waals surface area (Å²) in [7, 11) is 1.83. The number of likely N-dealkylation sites (tertiary alicyclic amines) is 1. The van der Waals surface area contributed by atoms with Gasteiger partial charge in [-0.25, -0.2) is 0 Å². The van der Waals surface area contributed by atoms with Gasteiger partial charge in [0.2, 0.25) is 0 Å². The molecule has 18 heavy (non-hydrogen) atoms. The molecule has 2 atom stereocenters. The van der Waals surface area contributed by atoms with Gasteiger partial charge in [0.25, 0.3) is 0 Å². The molecule has 0 bridgehead atoms. The van der Waals surface area contributed by atoms with E-state index in [1.165, 1.54) is 25.7 Å². The van der Waals surface area contributed by atoms with E-state index in [2.05, 4.69) is 17.2 Å². The number of ether oxygens (including phenoxy) is 1. The normalized spacial score (nSPS) is 32.9. The van der Waals surface area contributed by atoms with Crippen LogP contribution in [0.5, 0.6) is 0 Å². The second-order valence-corrected chi connectivity index (χ2v) is 6.71. The van der Waals surface area contributed by atoms with Crippen LogP contribution in [0.25, 0.3) is 0 Å². The Labute approximate surface area is 115 Å². The Morgan fingerprint density at radius 2 is 2.06 bits per heavy atom. The molecule has 0 aromatic rings. The van der Waals surface area contributed by atoms with Crippen LogP contribution in [0.4, 0.5) is 0 Å². The molecule has 3 nitrogen and oxygen atoms in total. The Morgan fingerprint density at radius 1 is 1.33 bits per heavy atom. The highest BCUT2D eigenvalue weighted by molar-refractivity contribution is 8.00. The summed E-state index contributed by atoms with van der Waals surface area (Å²) in [4.78, 5) is 2.59. The van der Waals surface area contributed by atoms with Crippen LogP contribution in [0.1, 0.15) is 38.5 Å². The first-order valence-corrected chi connectivity index (χ1v) is 8.19. The molecule has 2 aliphatic rings. The van der Waals surface area contributed by atoms with Crippen molar-refractivity contribution in [3.05, 3.63) is 0 Å². The lowest BCUT2D eigenvalue weighted by Gasteiger charge is -2.43. The Balaban J connectivity index is 1.88. The highest BCUT2D eigenvalue weighted by Crippen LogP contribution is 2.36. The number of nitriles is 1. The maximum Gasteiger partial charge on any atom is 0.104 e. The van der Waals surface area contributed by atoms with Gasteiger partial charge in [0.1, 0.15) is 4.75 Å². The Kier molecular flexibility index (Phi) is 4.94. The molecule has 0 amide bonds. The number of thioether (sulfide) groups is 1. The van der Waals surface area contributed by atoms with E-state index in [0.717, 1.165) is 25.9 Å². The molecule has 0 aromatic heterocycles. The molecule has 0 spiro atoms. The largest absolute Gasteiger partial charge is 0.381 e. The maximum absolute atomic E-state index is 9.31. The van der Waals surface area contributed by atoms with E-state index in [1.807, 2.05) is 7.11 Å². The molecule has 1 aliphatic carbocycles. The zero-order valence-electron chi connectivity index (χ0n) is 11.5. The summed E-state index contributed by atoms with van der Waals surface area (Å²) < 4.78 is 5.39.